The summed E-state index contributed by atoms with van der Waals surface area (Å²) in [5.41, 5.74) is 0.956. The minimum atomic E-state index is -4.02. The molecule has 0 aliphatic heterocycles. The van der Waals surface area contributed by atoms with Crippen LogP contribution >= 0.6 is 0 Å². The Labute approximate surface area is 82.0 Å². The monoisotopic (exact) mass is 235 g/mol. The minimum Gasteiger partial charge on any atom is -0.282 e. The zero-order valence-electron chi connectivity index (χ0n) is 6.28. The van der Waals surface area contributed by atoms with Crippen LogP contribution in [0.15, 0.2) is 29.2 Å². The molecule has 1 radical (unpaired) electrons. The Bertz CT molecular complexity index is 341. The molecule has 0 aromatic heterocycles. The maximum atomic E-state index is 10.5. The second kappa shape index (κ2) is 4.05. The van der Waals surface area contributed by atoms with E-state index >= 15 is 0 Å². The van der Waals surface area contributed by atoms with Gasteiger partial charge in [-0.2, -0.15) is 8.42 Å². The van der Waals surface area contributed by atoms with Crippen molar-refractivity contribution < 1.29 is 30.0 Å². The summed E-state index contributed by atoms with van der Waals surface area (Å²) in [5, 5.41) is 0. The summed E-state index contributed by atoms with van der Waals surface area (Å²) in [5.74, 6) is 0. The SMILES string of the molecule is Cc1ccc(S(=O)(=O)O)cc1.[Cu+2]. The van der Waals surface area contributed by atoms with E-state index in [1.807, 2.05) is 6.92 Å². The predicted octanol–water partition coefficient (Wildman–Crippen LogP) is 1.24. The van der Waals surface area contributed by atoms with Gasteiger partial charge in [-0.3, -0.25) is 4.55 Å². The Balaban J connectivity index is 0.00000121. The van der Waals surface area contributed by atoms with Crippen LogP contribution in [0.25, 0.3) is 0 Å². The second-order valence-corrected chi connectivity index (χ2v) is 3.71. The zero-order chi connectivity index (χ0) is 8.48. The molecule has 5 heteroatoms. The molecule has 1 aromatic carbocycles. The Morgan fingerprint density at radius 2 is 1.58 bits per heavy atom. The first kappa shape index (κ1) is 11.6. The van der Waals surface area contributed by atoms with Crippen molar-refractivity contribution in [3.8, 4) is 0 Å². The van der Waals surface area contributed by atoms with Crippen molar-refractivity contribution in [1.82, 2.24) is 0 Å². The summed E-state index contributed by atoms with van der Waals surface area (Å²) in [7, 11) is -4.02. The van der Waals surface area contributed by atoms with E-state index in [4.69, 9.17) is 4.55 Å². The molecule has 0 unspecified atom stereocenters. The van der Waals surface area contributed by atoms with Gasteiger partial charge < -0.3 is 0 Å². The van der Waals surface area contributed by atoms with Crippen LogP contribution in [0, 0.1) is 6.92 Å². The van der Waals surface area contributed by atoms with Gasteiger partial charge in [0.05, 0.1) is 4.90 Å². The van der Waals surface area contributed by atoms with Crippen LogP contribution in [0.3, 0.4) is 0 Å². The fraction of sp³-hybridized carbons (Fsp3) is 0.143. The summed E-state index contributed by atoms with van der Waals surface area (Å²) in [6.07, 6.45) is 0. The van der Waals surface area contributed by atoms with Gasteiger partial charge in [-0.15, -0.1) is 0 Å². The molecule has 0 fully saturated rings. The first-order chi connectivity index (χ1) is 5.00. The molecule has 0 spiro atoms. The van der Waals surface area contributed by atoms with E-state index in [-0.39, 0.29) is 22.0 Å². The molecule has 12 heavy (non-hydrogen) atoms. The molecule has 0 aliphatic rings. The first-order valence-corrected chi connectivity index (χ1v) is 4.48. The van der Waals surface area contributed by atoms with Gasteiger partial charge in [0, 0.05) is 0 Å². The van der Waals surface area contributed by atoms with Gasteiger partial charge in [0.2, 0.25) is 0 Å². The van der Waals surface area contributed by atoms with Crippen LogP contribution in [0.2, 0.25) is 0 Å². The summed E-state index contributed by atoms with van der Waals surface area (Å²) < 4.78 is 29.6. The van der Waals surface area contributed by atoms with Gasteiger partial charge in [-0.1, -0.05) is 17.7 Å². The van der Waals surface area contributed by atoms with Crippen molar-refractivity contribution in [3.05, 3.63) is 29.8 Å². The summed E-state index contributed by atoms with van der Waals surface area (Å²) in [6.45, 7) is 1.84. The average Bonchev–Trinajstić information content (AvgIpc) is 1.86. The van der Waals surface area contributed by atoms with E-state index in [0.29, 0.717) is 0 Å². The fourth-order valence-corrected chi connectivity index (χ4v) is 1.19. The van der Waals surface area contributed by atoms with Crippen LogP contribution in [0.5, 0.6) is 0 Å². The fourth-order valence-electron chi connectivity index (χ4n) is 0.710. The standard InChI is InChI=1S/C7H8O3S.Cu/c1-6-2-4-7(5-3-6)11(8,9)10;/h2-5H,1H3,(H,8,9,10);/q;+2. The smallest absolute Gasteiger partial charge is 0.282 e. The average molecular weight is 236 g/mol. The molecule has 0 saturated heterocycles. The molecule has 1 aromatic rings. The van der Waals surface area contributed by atoms with E-state index in [1.54, 1.807) is 12.1 Å². The minimum absolute atomic E-state index is 0. The third-order valence-electron chi connectivity index (χ3n) is 1.32. The molecule has 0 heterocycles. The first-order valence-electron chi connectivity index (χ1n) is 3.04. The molecule has 0 atom stereocenters. The van der Waals surface area contributed by atoms with Crippen molar-refractivity contribution in [2.45, 2.75) is 11.8 Å². The van der Waals surface area contributed by atoms with Crippen LogP contribution in [0.1, 0.15) is 5.56 Å². The molecule has 1 rings (SSSR count). The molecule has 3 nitrogen and oxygen atoms in total. The van der Waals surface area contributed by atoms with Crippen molar-refractivity contribution in [2.75, 3.05) is 0 Å². The number of hydrogen-bond acceptors (Lipinski definition) is 2. The molecule has 0 amide bonds. The van der Waals surface area contributed by atoms with Gasteiger partial charge >= 0.3 is 17.1 Å². The van der Waals surface area contributed by atoms with E-state index in [9.17, 15) is 8.42 Å². The van der Waals surface area contributed by atoms with E-state index in [0.717, 1.165) is 5.56 Å². The summed E-state index contributed by atoms with van der Waals surface area (Å²) >= 11 is 0. The van der Waals surface area contributed by atoms with Crippen molar-refractivity contribution in [2.24, 2.45) is 0 Å². The van der Waals surface area contributed by atoms with E-state index < -0.39 is 10.1 Å². The number of hydrogen-bond donors (Lipinski definition) is 1. The Kier molecular flexibility index (Phi) is 3.93. The zero-order valence-corrected chi connectivity index (χ0v) is 8.04. The number of aryl methyl sites for hydroxylation is 1. The molecule has 0 saturated carbocycles. The van der Waals surface area contributed by atoms with E-state index in [1.165, 1.54) is 12.1 Å². The normalized spacial score (nSPS) is 10.5. The van der Waals surface area contributed by atoms with Gasteiger partial charge in [0.15, 0.2) is 0 Å². The molecule has 69 valence electrons. The van der Waals surface area contributed by atoms with Crippen molar-refractivity contribution in [1.29, 1.82) is 0 Å². The van der Waals surface area contributed by atoms with Gasteiger partial charge in [0.1, 0.15) is 0 Å². The third kappa shape index (κ3) is 2.95. The second-order valence-electron chi connectivity index (χ2n) is 2.29. The quantitative estimate of drug-likeness (QED) is 0.589. The van der Waals surface area contributed by atoms with Crippen molar-refractivity contribution >= 4 is 10.1 Å². The third-order valence-corrected chi connectivity index (χ3v) is 2.19. The predicted molar refractivity (Wildman–Crippen MR) is 41.0 cm³/mol. The van der Waals surface area contributed by atoms with Gasteiger partial charge in [-0.25, -0.2) is 0 Å². The Hall–Kier alpha value is -0.351. The van der Waals surface area contributed by atoms with Crippen LogP contribution in [-0.2, 0) is 27.2 Å². The molecular weight excluding hydrogens is 228 g/mol. The summed E-state index contributed by atoms with van der Waals surface area (Å²) in [4.78, 5) is -0.0666. The molecule has 0 bridgehead atoms. The maximum Gasteiger partial charge on any atom is 2.00 e. The van der Waals surface area contributed by atoms with Crippen LogP contribution < -0.4 is 0 Å². The van der Waals surface area contributed by atoms with Crippen molar-refractivity contribution in [3.63, 3.8) is 0 Å². The molecule has 1 N–H and O–H groups in total. The maximum absolute atomic E-state index is 10.5. The van der Waals surface area contributed by atoms with Crippen LogP contribution in [0.4, 0.5) is 0 Å². The van der Waals surface area contributed by atoms with Gasteiger partial charge in [-0.05, 0) is 19.1 Å². The largest absolute Gasteiger partial charge is 2.00 e. The Morgan fingerprint density at radius 3 is 1.92 bits per heavy atom. The summed E-state index contributed by atoms with van der Waals surface area (Å²) in [6, 6.07) is 5.99. The van der Waals surface area contributed by atoms with Crippen LogP contribution in [-0.4, -0.2) is 13.0 Å². The topological polar surface area (TPSA) is 54.4 Å². The van der Waals surface area contributed by atoms with E-state index in [2.05, 4.69) is 0 Å². The number of benzene rings is 1. The molecule has 0 aliphatic carbocycles. The Morgan fingerprint density at radius 1 is 1.17 bits per heavy atom. The molecular formula is C7H8CuO3S+2. The van der Waals surface area contributed by atoms with Gasteiger partial charge in [0.25, 0.3) is 10.1 Å². The number of rotatable bonds is 1.